The number of anilines is 1. The van der Waals surface area contributed by atoms with Crippen LogP contribution in [-0.2, 0) is 6.42 Å². The Bertz CT molecular complexity index is 463. The summed E-state index contributed by atoms with van der Waals surface area (Å²) in [6, 6.07) is 4.35. The molecule has 0 aliphatic carbocycles. The minimum Gasteiger partial charge on any atom is -0.490 e. The van der Waals surface area contributed by atoms with Crippen molar-refractivity contribution in [2.45, 2.75) is 39.5 Å². The lowest BCUT2D eigenvalue weighted by Crippen LogP contribution is -2.21. The van der Waals surface area contributed by atoms with Gasteiger partial charge in [-0.2, -0.15) is 0 Å². The molecule has 0 spiro atoms. The summed E-state index contributed by atoms with van der Waals surface area (Å²) in [6.07, 6.45) is 4.79. The monoisotopic (exact) mass is 306 g/mol. The molecule has 0 fully saturated rings. The number of hydrogen-bond donors (Lipinski definition) is 1. The number of benzene rings is 1. The van der Waals surface area contributed by atoms with Gasteiger partial charge < -0.3 is 19.7 Å². The standard InChI is InChI=1S/C18H30N2O2/c1-4-6-10-20(3)11-7-8-15-13-16-18(22-12-9-19-16)17(14-15)21-5-2/h13-14,19H,4-12H2,1-3H3. The number of rotatable bonds is 9. The number of hydrogen-bond acceptors (Lipinski definition) is 4. The van der Waals surface area contributed by atoms with Crippen LogP contribution in [0.2, 0.25) is 0 Å². The molecule has 4 heteroatoms. The molecule has 0 atom stereocenters. The van der Waals surface area contributed by atoms with Gasteiger partial charge in [0, 0.05) is 6.54 Å². The number of unbranched alkanes of at least 4 members (excludes halogenated alkanes) is 1. The normalized spacial score (nSPS) is 13.5. The van der Waals surface area contributed by atoms with Gasteiger partial charge in [-0.1, -0.05) is 13.3 Å². The van der Waals surface area contributed by atoms with E-state index in [9.17, 15) is 0 Å². The van der Waals surface area contributed by atoms with Crippen LogP contribution >= 0.6 is 0 Å². The molecule has 1 heterocycles. The summed E-state index contributed by atoms with van der Waals surface area (Å²) in [4.78, 5) is 2.42. The van der Waals surface area contributed by atoms with Gasteiger partial charge in [0.05, 0.1) is 12.3 Å². The molecule has 1 aromatic carbocycles. The first kappa shape index (κ1) is 16.9. The van der Waals surface area contributed by atoms with E-state index in [-0.39, 0.29) is 0 Å². The molecule has 22 heavy (non-hydrogen) atoms. The molecule has 1 aromatic rings. The summed E-state index contributed by atoms with van der Waals surface area (Å²) in [7, 11) is 2.21. The van der Waals surface area contributed by atoms with Gasteiger partial charge in [-0.25, -0.2) is 0 Å². The zero-order chi connectivity index (χ0) is 15.8. The van der Waals surface area contributed by atoms with Gasteiger partial charge in [-0.15, -0.1) is 0 Å². The van der Waals surface area contributed by atoms with Crippen molar-refractivity contribution in [2.24, 2.45) is 0 Å². The lowest BCUT2D eigenvalue weighted by molar-refractivity contribution is 0.278. The van der Waals surface area contributed by atoms with Crippen molar-refractivity contribution in [3.8, 4) is 11.5 Å². The first-order valence-corrected chi connectivity index (χ1v) is 8.59. The van der Waals surface area contributed by atoms with Gasteiger partial charge in [-0.05, 0) is 64.0 Å². The van der Waals surface area contributed by atoms with Crippen LogP contribution in [0.5, 0.6) is 11.5 Å². The summed E-state index contributed by atoms with van der Waals surface area (Å²) in [5.74, 6) is 1.75. The van der Waals surface area contributed by atoms with E-state index in [0.717, 1.165) is 36.7 Å². The van der Waals surface area contributed by atoms with Crippen molar-refractivity contribution in [1.82, 2.24) is 4.90 Å². The van der Waals surface area contributed by atoms with Crippen LogP contribution < -0.4 is 14.8 Å². The SMILES string of the molecule is CCCCN(C)CCCc1cc2c(c(OCC)c1)OCCN2. The fourth-order valence-electron chi connectivity index (χ4n) is 2.78. The Kier molecular flexibility index (Phi) is 6.84. The van der Waals surface area contributed by atoms with Gasteiger partial charge in [0.2, 0.25) is 0 Å². The van der Waals surface area contributed by atoms with Gasteiger partial charge in [0.15, 0.2) is 11.5 Å². The second kappa shape index (κ2) is 8.89. The van der Waals surface area contributed by atoms with Gasteiger partial charge in [0.1, 0.15) is 6.61 Å². The third-order valence-corrected chi connectivity index (χ3v) is 3.98. The summed E-state index contributed by atoms with van der Waals surface area (Å²) in [5.41, 5.74) is 2.40. The van der Waals surface area contributed by atoms with Crippen molar-refractivity contribution in [3.05, 3.63) is 17.7 Å². The molecule has 0 amide bonds. The topological polar surface area (TPSA) is 33.7 Å². The average Bonchev–Trinajstić information content (AvgIpc) is 2.53. The van der Waals surface area contributed by atoms with Crippen LogP contribution in [0.3, 0.4) is 0 Å². The highest BCUT2D eigenvalue weighted by Gasteiger charge is 2.17. The van der Waals surface area contributed by atoms with E-state index < -0.39 is 0 Å². The maximum absolute atomic E-state index is 5.75. The average molecular weight is 306 g/mol. The highest BCUT2D eigenvalue weighted by atomic mass is 16.5. The van der Waals surface area contributed by atoms with E-state index >= 15 is 0 Å². The maximum atomic E-state index is 5.75. The number of nitrogens with zero attached hydrogens (tertiary/aromatic N) is 1. The molecule has 124 valence electrons. The number of fused-ring (bicyclic) bond motifs is 1. The second-order valence-electron chi connectivity index (χ2n) is 5.94. The quantitative estimate of drug-likeness (QED) is 0.756. The van der Waals surface area contributed by atoms with Crippen molar-refractivity contribution in [2.75, 3.05) is 45.2 Å². The number of ether oxygens (including phenoxy) is 2. The third kappa shape index (κ3) is 4.80. The Balaban J connectivity index is 1.94. The highest BCUT2D eigenvalue weighted by molar-refractivity contribution is 5.66. The van der Waals surface area contributed by atoms with Crippen LogP contribution in [0.25, 0.3) is 0 Å². The summed E-state index contributed by atoms with van der Waals surface area (Å²) < 4.78 is 11.5. The van der Waals surface area contributed by atoms with Crippen LogP contribution in [-0.4, -0.2) is 44.8 Å². The molecule has 0 unspecified atom stereocenters. The molecule has 0 radical (unpaired) electrons. The largest absolute Gasteiger partial charge is 0.490 e. The van der Waals surface area contributed by atoms with E-state index in [1.807, 2.05) is 6.92 Å². The van der Waals surface area contributed by atoms with Crippen molar-refractivity contribution >= 4 is 5.69 Å². The summed E-state index contributed by atoms with van der Waals surface area (Å²) in [5, 5.41) is 3.41. The molecule has 4 nitrogen and oxygen atoms in total. The molecule has 0 saturated carbocycles. The Labute approximate surface area is 134 Å². The maximum Gasteiger partial charge on any atom is 0.184 e. The number of aryl methyl sites for hydroxylation is 1. The Hall–Kier alpha value is -1.42. The minimum absolute atomic E-state index is 0.666. The first-order valence-electron chi connectivity index (χ1n) is 8.59. The smallest absolute Gasteiger partial charge is 0.184 e. The van der Waals surface area contributed by atoms with Crippen molar-refractivity contribution < 1.29 is 9.47 Å². The van der Waals surface area contributed by atoms with E-state index in [4.69, 9.17) is 9.47 Å². The summed E-state index contributed by atoms with van der Waals surface area (Å²) in [6.45, 7) is 8.82. The number of nitrogens with one attached hydrogen (secondary N) is 1. The summed E-state index contributed by atoms with van der Waals surface area (Å²) >= 11 is 0. The molecule has 0 aromatic heterocycles. The fraction of sp³-hybridized carbons (Fsp3) is 0.667. The predicted octanol–water partition coefficient (Wildman–Crippen LogP) is 3.55. The Morgan fingerprint density at radius 2 is 2.05 bits per heavy atom. The zero-order valence-electron chi connectivity index (χ0n) is 14.3. The Morgan fingerprint density at radius 3 is 2.82 bits per heavy atom. The molecule has 1 aliphatic heterocycles. The van der Waals surface area contributed by atoms with Gasteiger partial charge in [0.25, 0.3) is 0 Å². The van der Waals surface area contributed by atoms with E-state index in [0.29, 0.717) is 13.2 Å². The van der Waals surface area contributed by atoms with Crippen LogP contribution in [0, 0.1) is 0 Å². The molecule has 0 bridgehead atoms. The third-order valence-electron chi connectivity index (χ3n) is 3.98. The second-order valence-corrected chi connectivity index (χ2v) is 5.94. The zero-order valence-corrected chi connectivity index (χ0v) is 14.3. The van der Waals surface area contributed by atoms with Crippen molar-refractivity contribution in [1.29, 1.82) is 0 Å². The van der Waals surface area contributed by atoms with Gasteiger partial charge in [-0.3, -0.25) is 0 Å². The molecule has 1 aliphatic rings. The van der Waals surface area contributed by atoms with Crippen LogP contribution in [0.4, 0.5) is 5.69 Å². The van der Waals surface area contributed by atoms with Crippen LogP contribution in [0.1, 0.15) is 38.7 Å². The molecule has 1 N–H and O–H groups in total. The lowest BCUT2D eigenvalue weighted by Gasteiger charge is -2.23. The minimum atomic E-state index is 0.666. The first-order chi connectivity index (χ1) is 10.7. The molecule has 2 rings (SSSR count). The Morgan fingerprint density at radius 1 is 1.23 bits per heavy atom. The molecular formula is C18H30N2O2. The fourth-order valence-corrected chi connectivity index (χ4v) is 2.78. The highest BCUT2D eigenvalue weighted by Crippen LogP contribution is 2.38. The van der Waals surface area contributed by atoms with E-state index in [1.165, 1.54) is 31.4 Å². The molecular weight excluding hydrogens is 276 g/mol. The van der Waals surface area contributed by atoms with Gasteiger partial charge >= 0.3 is 0 Å². The predicted molar refractivity (Wildman–Crippen MR) is 92.3 cm³/mol. The lowest BCUT2D eigenvalue weighted by atomic mass is 10.1. The van der Waals surface area contributed by atoms with E-state index in [1.54, 1.807) is 0 Å². The molecule has 0 saturated heterocycles. The van der Waals surface area contributed by atoms with E-state index in [2.05, 4.69) is 36.3 Å². The van der Waals surface area contributed by atoms with Crippen LogP contribution in [0.15, 0.2) is 12.1 Å². The van der Waals surface area contributed by atoms with Crippen molar-refractivity contribution in [3.63, 3.8) is 0 Å².